The zero-order valence-electron chi connectivity index (χ0n) is 23.6. The quantitative estimate of drug-likeness (QED) is 0.279. The van der Waals surface area contributed by atoms with Crippen LogP contribution in [0.1, 0.15) is 25.7 Å². The molecule has 7 aliphatic rings. The molecule has 224 valence electrons. The van der Waals surface area contributed by atoms with Gasteiger partial charge in [-0.25, -0.2) is 0 Å². The van der Waals surface area contributed by atoms with Gasteiger partial charge in [-0.3, -0.25) is 38.6 Å². The van der Waals surface area contributed by atoms with Gasteiger partial charge in [0, 0.05) is 50.9 Å². The second-order valence-electron chi connectivity index (χ2n) is 12.4. The molecule has 12 heteroatoms. The molecule has 0 aromatic rings. The van der Waals surface area contributed by atoms with E-state index < -0.39 is 23.7 Å². The molecule has 12 nitrogen and oxygen atoms in total. The van der Waals surface area contributed by atoms with Crippen LogP contribution in [-0.2, 0) is 38.2 Å². The Balaban J connectivity index is 1.07. The van der Waals surface area contributed by atoms with Gasteiger partial charge in [-0.05, 0) is 24.0 Å². The molecule has 2 aliphatic carbocycles. The molecular weight excluding hydrogens is 544 g/mol. The third kappa shape index (κ3) is 4.41. The van der Waals surface area contributed by atoms with Crippen LogP contribution in [0.4, 0.5) is 0 Å². The average molecular weight is 581 g/mol. The van der Waals surface area contributed by atoms with E-state index in [-0.39, 0.29) is 99.6 Å². The van der Waals surface area contributed by atoms with Gasteiger partial charge in [0.15, 0.2) is 0 Å². The lowest BCUT2D eigenvalue weighted by atomic mass is 9.74. The molecule has 7 rings (SSSR count). The Kier molecular flexibility index (Phi) is 7.00. The Bertz CT molecular complexity index is 1210. The van der Waals surface area contributed by atoms with Gasteiger partial charge < -0.3 is 19.3 Å². The first-order valence-corrected chi connectivity index (χ1v) is 15.1. The van der Waals surface area contributed by atoms with Crippen molar-refractivity contribution < 1.29 is 38.2 Å². The lowest BCUT2D eigenvalue weighted by Crippen LogP contribution is -2.37. The number of ether oxygens (including phenoxy) is 2. The summed E-state index contributed by atoms with van der Waals surface area (Å²) in [6.07, 6.45) is 5.12. The average Bonchev–Trinajstić information content (AvgIpc) is 3.72. The van der Waals surface area contributed by atoms with E-state index in [9.17, 15) is 28.8 Å². The van der Waals surface area contributed by atoms with Crippen molar-refractivity contribution in [1.29, 1.82) is 0 Å². The molecule has 6 atom stereocenters. The number of hydrogen-bond acceptors (Lipinski definition) is 8. The van der Waals surface area contributed by atoms with Gasteiger partial charge in [-0.1, -0.05) is 12.2 Å². The minimum atomic E-state index is -0.466. The second-order valence-corrected chi connectivity index (χ2v) is 12.4. The van der Waals surface area contributed by atoms with Crippen LogP contribution in [0, 0.1) is 35.5 Å². The highest BCUT2D eigenvalue weighted by Crippen LogP contribution is 2.46. The SMILES string of the molecule is O=C1CCC(=O)N2CC3=CC[C@@H]4C(=O)N(CCOCCOCCN5C(=O)[C@@H]6[C@@H](CC=C7CN1C[C@@H]76)C5=O)C(=O)[C@@H]4[C@H]3C2. The van der Waals surface area contributed by atoms with Gasteiger partial charge in [0.1, 0.15) is 0 Å². The van der Waals surface area contributed by atoms with Crippen LogP contribution in [0.15, 0.2) is 23.3 Å². The summed E-state index contributed by atoms with van der Waals surface area (Å²) in [5.41, 5.74) is 2.04. The molecule has 0 aromatic carbocycles. The number of hydrogen-bond donors (Lipinski definition) is 0. The summed E-state index contributed by atoms with van der Waals surface area (Å²) in [6.45, 7) is 2.76. The monoisotopic (exact) mass is 580 g/mol. The van der Waals surface area contributed by atoms with Crippen molar-refractivity contribution in [2.24, 2.45) is 35.5 Å². The summed E-state index contributed by atoms with van der Waals surface area (Å²) >= 11 is 0. The predicted molar refractivity (Wildman–Crippen MR) is 144 cm³/mol. The highest BCUT2D eigenvalue weighted by atomic mass is 16.5. The Hall–Kier alpha value is -3.38. The fraction of sp³-hybridized carbons (Fsp3) is 0.667. The molecule has 6 amide bonds. The third-order valence-corrected chi connectivity index (χ3v) is 10.4. The number of imide groups is 2. The number of amides is 6. The first kappa shape index (κ1) is 27.5. The minimum Gasteiger partial charge on any atom is -0.377 e. The number of fused-ring (bicyclic) bond motifs is 4. The van der Waals surface area contributed by atoms with E-state index in [4.69, 9.17) is 9.47 Å². The van der Waals surface area contributed by atoms with Crippen molar-refractivity contribution in [3.63, 3.8) is 0 Å². The van der Waals surface area contributed by atoms with Crippen molar-refractivity contribution in [2.45, 2.75) is 25.7 Å². The summed E-state index contributed by atoms with van der Waals surface area (Å²) in [5.74, 6) is -3.19. The number of carbonyl (C=O) groups excluding carboxylic acids is 6. The molecule has 0 unspecified atom stereocenters. The summed E-state index contributed by atoms with van der Waals surface area (Å²) < 4.78 is 11.3. The van der Waals surface area contributed by atoms with E-state index in [0.717, 1.165) is 11.1 Å². The Morgan fingerprint density at radius 1 is 0.548 bits per heavy atom. The van der Waals surface area contributed by atoms with Gasteiger partial charge in [0.25, 0.3) is 0 Å². The first-order valence-electron chi connectivity index (χ1n) is 15.1. The van der Waals surface area contributed by atoms with Crippen molar-refractivity contribution in [3.8, 4) is 0 Å². The number of nitrogens with zero attached hydrogens (tertiary/aromatic N) is 4. The molecule has 5 fully saturated rings. The molecular formula is C30H36N4O8. The molecule has 0 aromatic heterocycles. The molecule has 0 spiro atoms. The van der Waals surface area contributed by atoms with E-state index >= 15 is 0 Å². The van der Waals surface area contributed by atoms with Crippen LogP contribution in [0.2, 0.25) is 0 Å². The van der Waals surface area contributed by atoms with Crippen molar-refractivity contribution in [1.82, 2.24) is 19.6 Å². The summed E-state index contributed by atoms with van der Waals surface area (Å²) in [5, 5.41) is 0. The summed E-state index contributed by atoms with van der Waals surface area (Å²) in [7, 11) is 0. The van der Waals surface area contributed by atoms with Crippen LogP contribution in [0.3, 0.4) is 0 Å². The number of allylic oxidation sites excluding steroid dienone is 2. The smallest absolute Gasteiger partial charge is 0.233 e. The predicted octanol–water partition coefficient (Wildman–Crippen LogP) is -0.407. The lowest BCUT2D eigenvalue weighted by Gasteiger charge is -2.26. The maximum Gasteiger partial charge on any atom is 0.233 e. The van der Waals surface area contributed by atoms with Gasteiger partial charge in [-0.2, -0.15) is 0 Å². The zero-order chi connectivity index (χ0) is 29.1. The van der Waals surface area contributed by atoms with E-state index in [1.807, 2.05) is 12.2 Å². The molecule has 5 aliphatic heterocycles. The normalized spacial score (nSPS) is 35.9. The molecule has 5 saturated heterocycles. The molecule has 5 heterocycles. The van der Waals surface area contributed by atoms with Crippen molar-refractivity contribution in [3.05, 3.63) is 23.3 Å². The van der Waals surface area contributed by atoms with Gasteiger partial charge in [0.05, 0.1) is 63.2 Å². The van der Waals surface area contributed by atoms with E-state index in [0.29, 0.717) is 39.0 Å². The van der Waals surface area contributed by atoms with Crippen LogP contribution < -0.4 is 0 Å². The second kappa shape index (κ2) is 10.7. The molecule has 0 radical (unpaired) electrons. The Morgan fingerprint density at radius 2 is 0.976 bits per heavy atom. The maximum absolute atomic E-state index is 13.4. The minimum absolute atomic E-state index is 0.0563. The van der Waals surface area contributed by atoms with Crippen molar-refractivity contribution in [2.75, 3.05) is 65.7 Å². The van der Waals surface area contributed by atoms with Gasteiger partial charge in [0.2, 0.25) is 35.4 Å². The van der Waals surface area contributed by atoms with Gasteiger partial charge in [-0.15, -0.1) is 0 Å². The highest BCUT2D eigenvalue weighted by Gasteiger charge is 2.56. The Labute approximate surface area is 243 Å². The fourth-order valence-corrected chi connectivity index (χ4v) is 8.20. The summed E-state index contributed by atoms with van der Waals surface area (Å²) in [6, 6.07) is 0. The fourth-order valence-electron chi connectivity index (χ4n) is 8.20. The number of carbonyl (C=O) groups is 6. The zero-order valence-corrected chi connectivity index (χ0v) is 23.6. The molecule has 42 heavy (non-hydrogen) atoms. The Morgan fingerprint density at radius 3 is 1.40 bits per heavy atom. The molecule has 8 bridgehead atoms. The van der Waals surface area contributed by atoms with Crippen LogP contribution >= 0.6 is 0 Å². The van der Waals surface area contributed by atoms with Crippen molar-refractivity contribution >= 4 is 35.4 Å². The van der Waals surface area contributed by atoms with E-state index in [1.165, 1.54) is 9.80 Å². The van der Waals surface area contributed by atoms with Crippen LogP contribution in [0.25, 0.3) is 0 Å². The lowest BCUT2D eigenvalue weighted by molar-refractivity contribution is -0.143. The molecule has 0 saturated carbocycles. The highest BCUT2D eigenvalue weighted by molar-refractivity contribution is 6.06. The largest absolute Gasteiger partial charge is 0.377 e. The van der Waals surface area contributed by atoms with Crippen LogP contribution in [0.5, 0.6) is 0 Å². The van der Waals surface area contributed by atoms with Gasteiger partial charge >= 0.3 is 0 Å². The standard InChI is InChI=1S/C30H36N4O8/c35-23-5-6-24(36)32-14-18-2-4-20-26(22(18)16-32)30(40)34(28(20)38)8-10-42-12-11-41-9-7-33-27(37)19-3-1-17-13-31(23)15-21(17)25(19)29(33)39/h1-2,19-22,25-26H,3-16H2/t19-,20+,21-,22-,25-,26+/m0/s1. The van der Waals surface area contributed by atoms with E-state index in [2.05, 4.69) is 0 Å². The topological polar surface area (TPSA) is 134 Å². The van der Waals surface area contributed by atoms with Crippen LogP contribution in [-0.4, -0.2) is 121 Å². The van der Waals surface area contributed by atoms with E-state index in [1.54, 1.807) is 9.80 Å². The molecule has 0 N–H and O–H groups in total. The summed E-state index contributed by atoms with van der Waals surface area (Å²) in [4.78, 5) is 85.3. The third-order valence-electron chi connectivity index (χ3n) is 10.4. The first-order chi connectivity index (χ1) is 20.3. The maximum atomic E-state index is 13.4. The number of rotatable bonds is 0.